The summed E-state index contributed by atoms with van der Waals surface area (Å²) >= 11 is 5.99. The van der Waals surface area contributed by atoms with Crippen LogP contribution in [0.25, 0.3) is 0 Å². The lowest BCUT2D eigenvalue weighted by Gasteiger charge is -2.18. The van der Waals surface area contributed by atoms with Crippen LogP contribution in [-0.2, 0) is 12.8 Å². The van der Waals surface area contributed by atoms with Gasteiger partial charge in [-0.3, -0.25) is 0 Å². The molecule has 1 unspecified atom stereocenters. The summed E-state index contributed by atoms with van der Waals surface area (Å²) in [6, 6.07) is 7.74. The van der Waals surface area contributed by atoms with E-state index in [0.29, 0.717) is 29.0 Å². The largest absolute Gasteiger partial charge is 0.316 e. The predicted molar refractivity (Wildman–Crippen MR) is 78.0 cm³/mol. The van der Waals surface area contributed by atoms with Crippen molar-refractivity contribution in [2.45, 2.75) is 18.9 Å². The second-order valence-electron chi connectivity index (χ2n) is 4.83. The molecule has 0 radical (unpaired) electrons. The van der Waals surface area contributed by atoms with Gasteiger partial charge in [0.2, 0.25) is 0 Å². The van der Waals surface area contributed by atoms with E-state index < -0.39 is 11.6 Å². The number of likely N-dealkylation sites (N-methyl/N-ethyl adjacent to an activating group) is 1. The maximum Gasteiger partial charge on any atom is 0.129 e. The molecule has 21 heavy (non-hydrogen) atoms. The maximum absolute atomic E-state index is 13.8. The smallest absolute Gasteiger partial charge is 0.129 e. The van der Waals surface area contributed by atoms with Crippen LogP contribution in [0.1, 0.15) is 11.1 Å². The standard InChI is InChI=1S/C16H15ClF3N/c1-21-12(7-10-5-6-11(18)8-16(10)20)9-13-14(17)3-2-4-15(13)19/h2-6,8,12,21H,7,9H2,1H3. The molecule has 0 bridgehead atoms. The molecule has 1 atom stereocenters. The lowest BCUT2D eigenvalue weighted by Crippen LogP contribution is -2.30. The topological polar surface area (TPSA) is 12.0 Å². The molecule has 2 aromatic carbocycles. The van der Waals surface area contributed by atoms with Gasteiger partial charge in [-0.15, -0.1) is 0 Å². The Morgan fingerprint density at radius 1 is 1.05 bits per heavy atom. The highest BCUT2D eigenvalue weighted by atomic mass is 35.5. The minimum absolute atomic E-state index is 0.209. The molecule has 1 nitrogen and oxygen atoms in total. The first-order valence-corrected chi connectivity index (χ1v) is 6.93. The van der Waals surface area contributed by atoms with Crippen LogP contribution in [0, 0.1) is 17.5 Å². The Bertz CT molecular complexity index is 611. The molecule has 0 heterocycles. The Labute approximate surface area is 126 Å². The van der Waals surface area contributed by atoms with Crippen molar-refractivity contribution in [2.24, 2.45) is 0 Å². The van der Waals surface area contributed by atoms with Gasteiger partial charge < -0.3 is 5.32 Å². The summed E-state index contributed by atoms with van der Waals surface area (Å²) in [6.07, 6.45) is 0.631. The zero-order valence-electron chi connectivity index (χ0n) is 11.5. The maximum atomic E-state index is 13.8. The Kier molecular flexibility index (Phi) is 5.26. The average molecular weight is 314 g/mol. The molecule has 1 N–H and O–H groups in total. The van der Waals surface area contributed by atoms with Gasteiger partial charge in [-0.25, -0.2) is 13.2 Å². The Morgan fingerprint density at radius 2 is 1.81 bits per heavy atom. The van der Waals surface area contributed by atoms with E-state index in [1.165, 1.54) is 24.3 Å². The second-order valence-corrected chi connectivity index (χ2v) is 5.24. The van der Waals surface area contributed by atoms with Crippen molar-refractivity contribution >= 4 is 11.6 Å². The third-order valence-corrected chi connectivity index (χ3v) is 3.76. The van der Waals surface area contributed by atoms with Crippen LogP contribution in [0.15, 0.2) is 36.4 Å². The summed E-state index contributed by atoms with van der Waals surface area (Å²) in [5, 5.41) is 3.35. The van der Waals surface area contributed by atoms with Gasteiger partial charge in [0, 0.05) is 22.7 Å². The first kappa shape index (κ1) is 15.9. The van der Waals surface area contributed by atoms with Crippen molar-refractivity contribution in [2.75, 3.05) is 7.05 Å². The number of hydrogen-bond acceptors (Lipinski definition) is 1. The molecule has 5 heteroatoms. The van der Waals surface area contributed by atoms with Crippen LogP contribution in [0.2, 0.25) is 5.02 Å². The Hall–Kier alpha value is -1.52. The number of halogens is 4. The summed E-state index contributed by atoms with van der Waals surface area (Å²) < 4.78 is 40.4. The molecule has 0 aliphatic carbocycles. The van der Waals surface area contributed by atoms with Crippen LogP contribution < -0.4 is 5.32 Å². The van der Waals surface area contributed by atoms with Gasteiger partial charge in [-0.05, 0) is 43.7 Å². The fourth-order valence-corrected chi connectivity index (χ4v) is 2.44. The molecular weight excluding hydrogens is 299 g/mol. The summed E-state index contributed by atoms with van der Waals surface area (Å²) in [4.78, 5) is 0. The lowest BCUT2D eigenvalue weighted by molar-refractivity contribution is 0.512. The van der Waals surface area contributed by atoms with Crippen molar-refractivity contribution in [1.82, 2.24) is 5.32 Å². The number of hydrogen-bond donors (Lipinski definition) is 1. The predicted octanol–water partition coefficient (Wildman–Crippen LogP) is 4.13. The van der Waals surface area contributed by atoms with Crippen LogP contribution in [0.4, 0.5) is 13.2 Å². The van der Waals surface area contributed by atoms with Crippen LogP contribution in [0.3, 0.4) is 0 Å². The minimum Gasteiger partial charge on any atom is -0.316 e. The van der Waals surface area contributed by atoms with E-state index in [1.807, 2.05) is 0 Å². The summed E-state index contributed by atoms with van der Waals surface area (Å²) in [7, 11) is 1.71. The van der Waals surface area contributed by atoms with Crippen LogP contribution in [-0.4, -0.2) is 13.1 Å². The quantitative estimate of drug-likeness (QED) is 0.875. The van der Waals surface area contributed by atoms with E-state index in [1.54, 1.807) is 13.1 Å². The van der Waals surface area contributed by atoms with Gasteiger partial charge in [0.15, 0.2) is 0 Å². The fourth-order valence-electron chi connectivity index (χ4n) is 2.20. The summed E-state index contributed by atoms with van der Waals surface area (Å²) in [6.45, 7) is 0. The van der Waals surface area contributed by atoms with E-state index in [2.05, 4.69) is 5.32 Å². The molecule has 0 saturated carbocycles. The molecule has 0 spiro atoms. The molecular formula is C16H15ClF3N. The minimum atomic E-state index is -0.616. The zero-order valence-corrected chi connectivity index (χ0v) is 12.2. The molecule has 0 aliphatic heterocycles. The molecule has 0 saturated heterocycles. The van der Waals surface area contributed by atoms with Crippen LogP contribution in [0.5, 0.6) is 0 Å². The fraction of sp³-hybridized carbons (Fsp3) is 0.250. The number of benzene rings is 2. The highest BCUT2D eigenvalue weighted by Crippen LogP contribution is 2.22. The van der Waals surface area contributed by atoms with E-state index in [-0.39, 0.29) is 11.9 Å². The van der Waals surface area contributed by atoms with Crippen LogP contribution >= 0.6 is 11.6 Å². The SMILES string of the molecule is CNC(Cc1ccc(F)cc1F)Cc1c(F)cccc1Cl. The highest BCUT2D eigenvalue weighted by Gasteiger charge is 2.16. The molecule has 0 amide bonds. The zero-order chi connectivity index (χ0) is 15.4. The highest BCUT2D eigenvalue weighted by molar-refractivity contribution is 6.31. The molecule has 0 fully saturated rings. The molecule has 0 aromatic heterocycles. The van der Waals surface area contributed by atoms with Gasteiger partial charge in [-0.2, -0.15) is 0 Å². The third-order valence-electron chi connectivity index (χ3n) is 3.40. The molecule has 2 aromatic rings. The first-order valence-electron chi connectivity index (χ1n) is 6.55. The van der Waals surface area contributed by atoms with Gasteiger partial charge in [0.05, 0.1) is 0 Å². The average Bonchev–Trinajstić information content (AvgIpc) is 2.44. The normalized spacial score (nSPS) is 12.4. The number of nitrogens with one attached hydrogen (secondary N) is 1. The van der Waals surface area contributed by atoms with E-state index >= 15 is 0 Å². The molecule has 2 rings (SSSR count). The first-order chi connectivity index (χ1) is 10.0. The van der Waals surface area contributed by atoms with Gasteiger partial charge in [-0.1, -0.05) is 23.7 Å². The number of rotatable bonds is 5. The second kappa shape index (κ2) is 6.96. The molecule has 112 valence electrons. The summed E-state index contributed by atoms with van der Waals surface area (Å²) in [5.41, 5.74) is 0.768. The summed E-state index contributed by atoms with van der Waals surface area (Å²) in [5.74, 6) is -1.60. The van der Waals surface area contributed by atoms with Crippen molar-refractivity contribution in [3.63, 3.8) is 0 Å². The lowest BCUT2D eigenvalue weighted by atomic mass is 9.98. The Morgan fingerprint density at radius 3 is 2.43 bits per heavy atom. The van der Waals surface area contributed by atoms with Gasteiger partial charge in [0.25, 0.3) is 0 Å². The molecule has 0 aliphatic rings. The van der Waals surface area contributed by atoms with Crippen molar-refractivity contribution in [1.29, 1.82) is 0 Å². The van der Waals surface area contributed by atoms with Gasteiger partial charge in [0.1, 0.15) is 17.5 Å². The third kappa shape index (κ3) is 3.99. The Balaban J connectivity index is 2.17. The van der Waals surface area contributed by atoms with E-state index in [4.69, 9.17) is 11.6 Å². The van der Waals surface area contributed by atoms with Crippen molar-refractivity contribution in [3.05, 3.63) is 70.0 Å². The van der Waals surface area contributed by atoms with Crippen molar-refractivity contribution in [3.8, 4) is 0 Å². The monoisotopic (exact) mass is 313 g/mol. The van der Waals surface area contributed by atoms with E-state index in [0.717, 1.165) is 6.07 Å². The van der Waals surface area contributed by atoms with Gasteiger partial charge >= 0.3 is 0 Å². The van der Waals surface area contributed by atoms with E-state index in [9.17, 15) is 13.2 Å². The van der Waals surface area contributed by atoms with Crippen molar-refractivity contribution < 1.29 is 13.2 Å².